The molecule has 0 saturated heterocycles. The largest absolute Gasteiger partial charge is 0.271 e. The summed E-state index contributed by atoms with van der Waals surface area (Å²) in [5, 5.41) is 0. The molecule has 4 heteroatoms. The zero-order chi connectivity index (χ0) is 14.1. The van der Waals surface area contributed by atoms with Gasteiger partial charge in [0.1, 0.15) is 11.6 Å². The van der Waals surface area contributed by atoms with Crippen molar-refractivity contribution in [1.29, 1.82) is 0 Å². The molecule has 0 amide bonds. The molecule has 0 aliphatic heterocycles. The van der Waals surface area contributed by atoms with Crippen molar-refractivity contribution in [2.45, 2.75) is 18.9 Å². The third-order valence-electron chi connectivity index (χ3n) is 4.03. The predicted molar refractivity (Wildman–Crippen MR) is 73.8 cm³/mol. The molecule has 2 aromatic carbocycles. The van der Waals surface area contributed by atoms with Gasteiger partial charge in [0.25, 0.3) is 0 Å². The van der Waals surface area contributed by atoms with E-state index in [1.165, 1.54) is 17.2 Å². The van der Waals surface area contributed by atoms with Gasteiger partial charge in [-0.1, -0.05) is 24.3 Å². The number of hydrogen-bond acceptors (Lipinski definition) is 2. The van der Waals surface area contributed by atoms with Gasteiger partial charge in [0.15, 0.2) is 0 Å². The van der Waals surface area contributed by atoms with Crippen LogP contribution in [0.15, 0.2) is 42.5 Å². The molecule has 1 atom stereocenters. The minimum atomic E-state index is -0.447. The Morgan fingerprint density at radius 2 is 1.70 bits per heavy atom. The van der Waals surface area contributed by atoms with Crippen molar-refractivity contribution < 1.29 is 8.78 Å². The van der Waals surface area contributed by atoms with Gasteiger partial charge in [-0.05, 0) is 48.1 Å². The van der Waals surface area contributed by atoms with E-state index in [4.69, 9.17) is 5.84 Å². The zero-order valence-corrected chi connectivity index (χ0v) is 10.9. The number of hydrogen-bond donors (Lipinski definition) is 2. The van der Waals surface area contributed by atoms with Crippen LogP contribution in [0.1, 0.15) is 22.7 Å². The zero-order valence-electron chi connectivity index (χ0n) is 10.9. The van der Waals surface area contributed by atoms with E-state index in [0.29, 0.717) is 5.56 Å². The van der Waals surface area contributed by atoms with Gasteiger partial charge in [0.05, 0.1) is 6.04 Å². The molecule has 20 heavy (non-hydrogen) atoms. The highest BCUT2D eigenvalue weighted by Gasteiger charge is 2.30. The Kier molecular flexibility index (Phi) is 3.51. The highest BCUT2D eigenvalue weighted by molar-refractivity contribution is 5.34. The van der Waals surface area contributed by atoms with Crippen LogP contribution in [0, 0.1) is 17.6 Å². The molecule has 3 rings (SSSR count). The van der Waals surface area contributed by atoms with E-state index in [-0.39, 0.29) is 5.92 Å². The normalized spacial score (nSPS) is 16.1. The molecule has 1 unspecified atom stereocenters. The van der Waals surface area contributed by atoms with Crippen molar-refractivity contribution in [1.82, 2.24) is 5.43 Å². The topological polar surface area (TPSA) is 38.0 Å². The highest BCUT2D eigenvalue weighted by Crippen LogP contribution is 2.35. The maximum absolute atomic E-state index is 13.9. The Hall–Kier alpha value is -1.78. The Balaban J connectivity index is 1.91. The molecule has 3 N–H and O–H groups in total. The fourth-order valence-electron chi connectivity index (χ4n) is 3.06. The van der Waals surface area contributed by atoms with Crippen molar-refractivity contribution in [2.24, 2.45) is 11.8 Å². The lowest BCUT2D eigenvalue weighted by Crippen LogP contribution is -2.34. The number of hydrazine groups is 1. The molecule has 0 bridgehead atoms. The van der Waals surface area contributed by atoms with Crippen LogP contribution >= 0.6 is 0 Å². The quantitative estimate of drug-likeness (QED) is 0.667. The number of nitrogens with two attached hydrogens (primary N) is 1. The molecule has 1 aliphatic rings. The Morgan fingerprint density at radius 1 is 1.05 bits per heavy atom. The van der Waals surface area contributed by atoms with Crippen molar-refractivity contribution in [3.63, 3.8) is 0 Å². The molecule has 0 fully saturated rings. The van der Waals surface area contributed by atoms with Crippen LogP contribution in [0.5, 0.6) is 0 Å². The van der Waals surface area contributed by atoms with Crippen molar-refractivity contribution in [2.75, 3.05) is 0 Å². The smallest absolute Gasteiger partial charge is 0.128 e. The summed E-state index contributed by atoms with van der Waals surface area (Å²) in [5.41, 5.74) is 5.47. The van der Waals surface area contributed by atoms with Gasteiger partial charge in [-0.2, -0.15) is 0 Å². The Labute approximate surface area is 116 Å². The lowest BCUT2D eigenvalue weighted by Gasteiger charge is -2.23. The maximum Gasteiger partial charge on any atom is 0.128 e. The fraction of sp³-hybridized carbons (Fsp3) is 0.250. The molecule has 0 radical (unpaired) electrons. The monoisotopic (exact) mass is 274 g/mol. The summed E-state index contributed by atoms with van der Waals surface area (Å²) in [6.07, 6.45) is 1.64. The molecule has 0 heterocycles. The number of nitrogens with one attached hydrogen (secondary N) is 1. The first-order valence-corrected chi connectivity index (χ1v) is 6.67. The van der Waals surface area contributed by atoms with Gasteiger partial charge >= 0.3 is 0 Å². The predicted octanol–water partition coefficient (Wildman–Crippen LogP) is 2.88. The van der Waals surface area contributed by atoms with Gasteiger partial charge in [0, 0.05) is 5.56 Å². The molecule has 104 valence electrons. The van der Waals surface area contributed by atoms with E-state index < -0.39 is 17.7 Å². The average molecular weight is 274 g/mol. The maximum atomic E-state index is 13.9. The second-order valence-corrected chi connectivity index (χ2v) is 5.25. The SMILES string of the molecule is NNC(c1cc(F)ccc1F)C1Cc2ccccc2C1. The Morgan fingerprint density at radius 3 is 2.30 bits per heavy atom. The second kappa shape index (κ2) is 5.31. The van der Waals surface area contributed by atoms with Crippen LogP contribution < -0.4 is 11.3 Å². The summed E-state index contributed by atoms with van der Waals surface area (Å²) >= 11 is 0. The van der Waals surface area contributed by atoms with E-state index in [1.807, 2.05) is 12.1 Å². The fourth-order valence-corrected chi connectivity index (χ4v) is 3.06. The standard InChI is InChI=1S/C16H16F2N2/c17-13-5-6-15(18)14(9-13)16(20-19)12-7-10-3-1-2-4-11(10)8-12/h1-6,9,12,16,20H,7-8,19H2. The third-order valence-corrected chi connectivity index (χ3v) is 4.03. The summed E-state index contributed by atoms with van der Waals surface area (Å²) in [5.74, 6) is 4.86. The van der Waals surface area contributed by atoms with Crippen LogP contribution in [0.2, 0.25) is 0 Å². The first-order chi connectivity index (χ1) is 9.69. The molecular weight excluding hydrogens is 258 g/mol. The number of halogens is 2. The second-order valence-electron chi connectivity index (χ2n) is 5.25. The molecule has 0 aromatic heterocycles. The minimum Gasteiger partial charge on any atom is -0.271 e. The first-order valence-electron chi connectivity index (χ1n) is 6.67. The first kappa shape index (κ1) is 13.2. The van der Waals surface area contributed by atoms with Crippen molar-refractivity contribution >= 4 is 0 Å². The van der Waals surface area contributed by atoms with Gasteiger partial charge in [-0.25, -0.2) is 8.78 Å². The van der Waals surface area contributed by atoms with Gasteiger partial charge in [0.2, 0.25) is 0 Å². The van der Waals surface area contributed by atoms with Crippen molar-refractivity contribution in [3.8, 4) is 0 Å². The van der Waals surface area contributed by atoms with Gasteiger partial charge in [-0.3, -0.25) is 11.3 Å². The summed E-state index contributed by atoms with van der Waals surface area (Å²) < 4.78 is 27.3. The van der Waals surface area contributed by atoms with Crippen LogP contribution in [0.3, 0.4) is 0 Å². The van der Waals surface area contributed by atoms with Gasteiger partial charge < -0.3 is 0 Å². The summed E-state index contributed by atoms with van der Waals surface area (Å²) in [6.45, 7) is 0. The summed E-state index contributed by atoms with van der Waals surface area (Å²) in [4.78, 5) is 0. The Bertz CT molecular complexity index is 603. The molecule has 2 nitrogen and oxygen atoms in total. The van der Waals surface area contributed by atoms with Gasteiger partial charge in [-0.15, -0.1) is 0 Å². The van der Waals surface area contributed by atoms with E-state index in [0.717, 1.165) is 25.0 Å². The summed E-state index contributed by atoms with van der Waals surface area (Å²) in [6, 6.07) is 11.2. The average Bonchev–Trinajstić information content (AvgIpc) is 2.87. The van der Waals surface area contributed by atoms with E-state index >= 15 is 0 Å². The summed E-state index contributed by atoms with van der Waals surface area (Å²) in [7, 11) is 0. The third kappa shape index (κ3) is 2.32. The van der Waals surface area contributed by atoms with Crippen LogP contribution in [0.4, 0.5) is 8.78 Å². The van der Waals surface area contributed by atoms with Crippen LogP contribution in [-0.2, 0) is 12.8 Å². The molecule has 0 saturated carbocycles. The molecular formula is C16H16F2N2. The molecule has 0 spiro atoms. The van der Waals surface area contributed by atoms with Crippen molar-refractivity contribution in [3.05, 3.63) is 70.8 Å². The van der Waals surface area contributed by atoms with E-state index in [1.54, 1.807) is 0 Å². The highest BCUT2D eigenvalue weighted by atomic mass is 19.1. The lowest BCUT2D eigenvalue weighted by molar-refractivity contribution is 0.366. The number of fused-ring (bicyclic) bond motifs is 1. The van der Waals surface area contributed by atoms with E-state index in [9.17, 15) is 8.78 Å². The number of benzene rings is 2. The minimum absolute atomic E-state index is 0.133. The van der Waals surface area contributed by atoms with Crippen LogP contribution in [0.25, 0.3) is 0 Å². The molecule has 1 aliphatic carbocycles. The number of rotatable bonds is 3. The van der Waals surface area contributed by atoms with Crippen LogP contribution in [-0.4, -0.2) is 0 Å². The lowest BCUT2D eigenvalue weighted by atomic mass is 9.90. The van der Waals surface area contributed by atoms with E-state index in [2.05, 4.69) is 17.6 Å². The molecule has 2 aromatic rings.